The average molecular weight is 337 g/mol. The molecule has 0 aliphatic rings. The van der Waals surface area contributed by atoms with Crippen LogP contribution in [-0.2, 0) is 4.79 Å². The Morgan fingerprint density at radius 1 is 1.26 bits per heavy atom. The third-order valence-electron chi connectivity index (χ3n) is 3.01. The lowest BCUT2D eigenvalue weighted by Crippen LogP contribution is -2.31. The van der Waals surface area contributed by atoms with E-state index in [4.69, 9.17) is 22.1 Å². The van der Waals surface area contributed by atoms with Gasteiger partial charge in [0.1, 0.15) is 11.6 Å². The molecule has 0 saturated heterocycles. The summed E-state index contributed by atoms with van der Waals surface area (Å²) in [6, 6.07) is 10.2. The van der Waals surface area contributed by atoms with E-state index < -0.39 is 23.7 Å². The van der Waals surface area contributed by atoms with Crippen LogP contribution in [0.5, 0.6) is 5.75 Å². The second-order valence-electron chi connectivity index (χ2n) is 4.74. The fraction of sp³-hybridized carbons (Fsp3) is 0.125. The van der Waals surface area contributed by atoms with Crippen molar-refractivity contribution in [2.24, 2.45) is 5.73 Å². The van der Waals surface area contributed by atoms with Gasteiger partial charge in [-0.25, -0.2) is 4.39 Å². The number of hydrogen-bond donors (Lipinski definition) is 2. The Labute approximate surface area is 137 Å². The second-order valence-corrected chi connectivity index (χ2v) is 5.15. The standard InChI is InChI=1S/C16H14ClFN2O3/c1-9(23-14-5-3-2-4-11(14)15(19)21)16(22)20-10-6-7-13(18)12(17)8-10/h2-9H,1H3,(H2,19,21)(H,20,22)/t9-/m1/s1. The quantitative estimate of drug-likeness (QED) is 0.880. The van der Waals surface area contributed by atoms with Crippen molar-refractivity contribution in [3.63, 3.8) is 0 Å². The molecule has 2 aromatic rings. The Morgan fingerprint density at radius 3 is 2.61 bits per heavy atom. The number of hydrogen-bond acceptors (Lipinski definition) is 3. The number of carbonyl (C=O) groups is 2. The molecule has 0 saturated carbocycles. The number of ether oxygens (including phenoxy) is 1. The van der Waals surface area contributed by atoms with Crippen LogP contribution >= 0.6 is 11.6 Å². The van der Waals surface area contributed by atoms with Crippen LogP contribution in [0, 0.1) is 5.82 Å². The minimum absolute atomic E-state index is 0.101. The Bertz CT molecular complexity index is 752. The maximum Gasteiger partial charge on any atom is 0.265 e. The Balaban J connectivity index is 2.08. The molecule has 2 amide bonds. The van der Waals surface area contributed by atoms with Crippen molar-refractivity contribution in [2.45, 2.75) is 13.0 Å². The van der Waals surface area contributed by atoms with Crippen molar-refractivity contribution >= 4 is 29.1 Å². The summed E-state index contributed by atoms with van der Waals surface area (Å²) < 4.78 is 18.6. The molecule has 0 heterocycles. The van der Waals surface area contributed by atoms with Gasteiger partial charge in [-0.1, -0.05) is 23.7 Å². The Kier molecular flexibility index (Phi) is 5.18. The molecule has 2 aromatic carbocycles. The normalized spacial score (nSPS) is 11.6. The fourth-order valence-electron chi connectivity index (χ4n) is 1.83. The van der Waals surface area contributed by atoms with Gasteiger partial charge in [0.2, 0.25) is 0 Å². The van der Waals surface area contributed by atoms with Gasteiger partial charge in [0, 0.05) is 5.69 Å². The Morgan fingerprint density at radius 2 is 1.96 bits per heavy atom. The molecule has 7 heteroatoms. The van der Waals surface area contributed by atoms with Gasteiger partial charge in [-0.15, -0.1) is 0 Å². The molecule has 0 bridgehead atoms. The van der Waals surface area contributed by atoms with E-state index in [9.17, 15) is 14.0 Å². The lowest BCUT2D eigenvalue weighted by atomic mass is 10.2. The number of amides is 2. The molecule has 1 atom stereocenters. The number of benzene rings is 2. The first-order chi connectivity index (χ1) is 10.9. The van der Waals surface area contributed by atoms with E-state index in [1.165, 1.54) is 25.1 Å². The minimum Gasteiger partial charge on any atom is -0.480 e. The van der Waals surface area contributed by atoms with Crippen LogP contribution < -0.4 is 15.8 Å². The highest BCUT2D eigenvalue weighted by Crippen LogP contribution is 2.21. The zero-order valence-corrected chi connectivity index (χ0v) is 12.9. The van der Waals surface area contributed by atoms with Crippen LogP contribution in [0.3, 0.4) is 0 Å². The van der Waals surface area contributed by atoms with Crippen molar-refractivity contribution in [2.75, 3.05) is 5.32 Å². The summed E-state index contributed by atoms with van der Waals surface area (Å²) in [5, 5.41) is 2.45. The van der Waals surface area contributed by atoms with Gasteiger partial charge in [0.25, 0.3) is 11.8 Å². The summed E-state index contributed by atoms with van der Waals surface area (Å²) in [6.45, 7) is 1.51. The first kappa shape index (κ1) is 16.8. The summed E-state index contributed by atoms with van der Waals surface area (Å²) in [5.74, 6) is -1.50. The predicted molar refractivity (Wildman–Crippen MR) is 85.1 cm³/mol. The lowest BCUT2D eigenvalue weighted by Gasteiger charge is -2.16. The molecule has 0 spiro atoms. The zero-order valence-electron chi connectivity index (χ0n) is 12.2. The third kappa shape index (κ3) is 4.20. The van der Waals surface area contributed by atoms with Crippen molar-refractivity contribution in [1.82, 2.24) is 0 Å². The van der Waals surface area contributed by atoms with Crippen LogP contribution in [0.15, 0.2) is 42.5 Å². The monoisotopic (exact) mass is 336 g/mol. The molecule has 0 aliphatic carbocycles. The number of para-hydroxylation sites is 1. The van der Waals surface area contributed by atoms with Gasteiger partial charge >= 0.3 is 0 Å². The number of nitrogens with one attached hydrogen (secondary N) is 1. The maximum absolute atomic E-state index is 13.1. The van der Waals surface area contributed by atoms with Gasteiger partial charge in [-0.2, -0.15) is 0 Å². The van der Waals surface area contributed by atoms with Gasteiger partial charge in [-0.05, 0) is 37.3 Å². The summed E-state index contributed by atoms with van der Waals surface area (Å²) in [4.78, 5) is 23.4. The lowest BCUT2D eigenvalue weighted by molar-refractivity contribution is -0.122. The predicted octanol–water partition coefficient (Wildman–Crippen LogP) is 2.98. The number of halogens is 2. The van der Waals surface area contributed by atoms with Gasteiger partial charge < -0.3 is 15.8 Å². The van der Waals surface area contributed by atoms with E-state index in [1.54, 1.807) is 18.2 Å². The smallest absolute Gasteiger partial charge is 0.265 e. The third-order valence-corrected chi connectivity index (χ3v) is 3.30. The molecular weight excluding hydrogens is 323 g/mol. The highest BCUT2D eigenvalue weighted by atomic mass is 35.5. The van der Waals surface area contributed by atoms with Crippen molar-refractivity contribution in [3.8, 4) is 5.75 Å². The van der Waals surface area contributed by atoms with E-state index in [0.29, 0.717) is 5.69 Å². The van der Waals surface area contributed by atoms with E-state index in [1.807, 2.05) is 0 Å². The summed E-state index contributed by atoms with van der Waals surface area (Å²) in [7, 11) is 0. The van der Waals surface area contributed by atoms with E-state index >= 15 is 0 Å². The van der Waals surface area contributed by atoms with Crippen molar-refractivity contribution in [1.29, 1.82) is 0 Å². The largest absolute Gasteiger partial charge is 0.480 e. The molecule has 2 rings (SSSR count). The number of anilines is 1. The number of primary amides is 1. The van der Waals surface area contributed by atoms with Gasteiger partial charge in [-0.3, -0.25) is 9.59 Å². The topological polar surface area (TPSA) is 81.4 Å². The first-order valence-electron chi connectivity index (χ1n) is 6.70. The van der Waals surface area contributed by atoms with E-state index in [0.717, 1.165) is 6.07 Å². The van der Waals surface area contributed by atoms with Crippen LogP contribution in [0.1, 0.15) is 17.3 Å². The molecule has 120 valence electrons. The highest BCUT2D eigenvalue weighted by molar-refractivity contribution is 6.31. The highest BCUT2D eigenvalue weighted by Gasteiger charge is 2.18. The molecule has 23 heavy (non-hydrogen) atoms. The zero-order chi connectivity index (χ0) is 17.0. The molecule has 0 aliphatic heterocycles. The summed E-state index contributed by atoms with van der Waals surface area (Å²) in [6.07, 6.45) is -0.903. The van der Waals surface area contributed by atoms with E-state index in [2.05, 4.69) is 5.32 Å². The average Bonchev–Trinajstić information content (AvgIpc) is 2.51. The van der Waals surface area contributed by atoms with Crippen LogP contribution in [0.4, 0.5) is 10.1 Å². The fourth-order valence-corrected chi connectivity index (χ4v) is 2.02. The SMILES string of the molecule is C[C@@H](Oc1ccccc1C(N)=O)C(=O)Nc1ccc(F)c(Cl)c1. The molecular formula is C16H14ClFN2O3. The molecule has 3 N–H and O–H groups in total. The van der Waals surface area contributed by atoms with Crippen molar-refractivity contribution < 1.29 is 18.7 Å². The van der Waals surface area contributed by atoms with Crippen molar-refractivity contribution in [3.05, 3.63) is 58.9 Å². The molecule has 0 aromatic heterocycles. The molecule has 0 radical (unpaired) electrons. The number of rotatable bonds is 5. The molecule has 0 fully saturated rings. The summed E-state index contributed by atoms with van der Waals surface area (Å²) >= 11 is 5.65. The van der Waals surface area contributed by atoms with Gasteiger partial charge in [0.15, 0.2) is 6.10 Å². The number of nitrogens with two attached hydrogens (primary N) is 1. The molecule has 5 nitrogen and oxygen atoms in total. The maximum atomic E-state index is 13.1. The van der Waals surface area contributed by atoms with Crippen LogP contribution in [0.2, 0.25) is 5.02 Å². The summed E-state index contributed by atoms with van der Waals surface area (Å²) in [5.41, 5.74) is 5.76. The van der Waals surface area contributed by atoms with Gasteiger partial charge in [0.05, 0.1) is 10.6 Å². The van der Waals surface area contributed by atoms with Crippen LogP contribution in [-0.4, -0.2) is 17.9 Å². The van der Waals surface area contributed by atoms with E-state index in [-0.39, 0.29) is 16.3 Å². The minimum atomic E-state index is -0.903. The molecule has 0 unspecified atom stereocenters. The number of carbonyl (C=O) groups excluding carboxylic acids is 2. The van der Waals surface area contributed by atoms with Crippen LogP contribution in [0.25, 0.3) is 0 Å². The Hall–Kier alpha value is -2.60. The second kappa shape index (κ2) is 7.11. The first-order valence-corrected chi connectivity index (χ1v) is 7.07.